The summed E-state index contributed by atoms with van der Waals surface area (Å²) >= 11 is 0. The van der Waals surface area contributed by atoms with Gasteiger partial charge in [0.2, 0.25) is 0 Å². The van der Waals surface area contributed by atoms with E-state index in [1.165, 1.54) is 0 Å². The van der Waals surface area contributed by atoms with Crippen LogP contribution in [0.25, 0.3) is 0 Å². The zero-order valence-corrected chi connectivity index (χ0v) is 10.0. The third-order valence-corrected chi connectivity index (χ3v) is 1.14. The van der Waals surface area contributed by atoms with Crippen LogP contribution < -0.4 is 0 Å². The summed E-state index contributed by atoms with van der Waals surface area (Å²) in [4.78, 5) is 0. The Morgan fingerprint density at radius 3 is 1.33 bits per heavy atom. The Hall–Kier alpha value is -0.250. The molecule has 8 heteroatoms. The SMILES string of the molecule is CCOCC.COS(=O)(=O)O.OCCO. The van der Waals surface area contributed by atoms with Crippen LogP contribution in [0, 0.1) is 0 Å². The average molecular weight is 248 g/mol. The van der Waals surface area contributed by atoms with E-state index < -0.39 is 10.4 Å². The van der Waals surface area contributed by atoms with Crippen LogP contribution in [-0.2, 0) is 19.3 Å². The van der Waals surface area contributed by atoms with Crippen molar-refractivity contribution in [2.75, 3.05) is 33.5 Å². The van der Waals surface area contributed by atoms with Crippen molar-refractivity contribution >= 4 is 10.4 Å². The maximum absolute atomic E-state index is 9.33. The van der Waals surface area contributed by atoms with Gasteiger partial charge >= 0.3 is 10.4 Å². The molecule has 3 N–H and O–H groups in total. The van der Waals surface area contributed by atoms with Crippen LogP contribution >= 0.6 is 0 Å². The van der Waals surface area contributed by atoms with E-state index in [1.807, 2.05) is 13.8 Å². The third kappa shape index (κ3) is 57.4. The van der Waals surface area contributed by atoms with Gasteiger partial charge in [0.1, 0.15) is 0 Å². The lowest BCUT2D eigenvalue weighted by atomic mass is 10.8. The molecule has 0 bridgehead atoms. The zero-order chi connectivity index (χ0) is 12.7. The quantitative estimate of drug-likeness (QED) is 0.572. The molecule has 0 fully saturated rings. The first-order chi connectivity index (χ1) is 6.89. The lowest BCUT2D eigenvalue weighted by Crippen LogP contribution is -1.96. The highest BCUT2D eigenvalue weighted by Crippen LogP contribution is 1.74. The van der Waals surface area contributed by atoms with Crippen LogP contribution in [0.3, 0.4) is 0 Å². The standard InChI is InChI=1S/C4H10O.C2H6O2.CH4O4S/c1-3-5-4-2;3-1-2-4;1-5-6(2,3)4/h3-4H2,1-2H3;3-4H,1-2H2;1H3,(H,2,3,4). The second-order valence-corrected chi connectivity index (χ2v) is 3.01. The van der Waals surface area contributed by atoms with Crippen LogP contribution in [0.4, 0.5) is 0 Å². The Morgan fingerprint density at radius 1 is 1.07 bits per heavy atom. The van der Waals surface area contributed by atoms with Gasteiger partial charge < -0.3 is 14.9 Å². The van der Waals surface area contributed by atoms with Crippen molar-refractivity contribution in [1.29, 1.82) is 0 Å². The van der Waals surface area contributed by atoms with Gasteiger partial charge in [-0.1, -0.05) is 0 Å². The van der Waals surface area contributed by atoms with Gasteiger partial charge in [-0.25, -0.2) is 0 Å². The second-order valence-electron chi connectivity index (χ2n) is 1.82. The summed E-state index contributed by atoms with van der Waals surface area (Å²) < 4.78 is 34.5. The molecule has 15 heavy (non-hydrogen) atoms. The Balaban J connectivity index is -0.000000147. The molecule has 0 aliphatic heterocycles. The summed E-state index contributed by atoms with van der Waals surface area (Å²) in [7, 11) is -3.29. The van der Waals surface area contributed by atoms with Crippen LogP contribution in [0.15, 0.2) is 0 Å². The molecule has 0 aromatic heterocycles. The maximum atomic E-state index is 9.33. The van der Waals surface area contributed by atoms with Gasteiger partial charge in [0.15, 0.2) is 0 Å². The van der Waals surface area contributed by atoms with Crippen molar-refractivity contribution in [1.82, 2.24) is 0 Å². The first-order valence-electron chi connectivity index (χ1n) is 4.21. The van der Waals surface area contributed by atoms with Crippen molar-refractivity contribution in [3.05, 3.63) is 0 Å². The van der Waals surface area contributed by atoms with Crippen molar-refractivity contribution in [3.8, 4) is 0 Å². The van der Waals surface area contributed by atoms with Gasteiger partial charge in [-0.2, -0.15) is 8.42 Å². The average Bonchev–Trinajstić information content (AvgIpc) is 2.19. The van der Waals surface area contributed by atoms with Crippen molar-refractivity contribution in [2.45, 2.75) is 13.8 Å². The van der Waals surface area contributed by atoms with E-state index in [9.17, 15) is 8.42 Å². The van der Waals surface area contributed by atoms with Crippen molar-refractivity contribution in [3.63, 3.8) is 0 Å². The topological polar surface area (TPSA) is 113 Å². The molecule has 0 radical (unpaired) electrons. The highest BCUT2D eigenvalue weighted by Gasteiger charge is 1.94. The second kappa shape index (κ2) is 16.2. The molecule has 0 amide bonds. The fraction of sp³-hybridized carbons (Fsp3) is 1.00. The molecule has 0 aromatic carbocycles. The highest BCUT2D eigenvalue weighted by molar-refractivity contribution is 7.80. The van der Waals surface area contributed by atoms with Crippen LogP contribution in [-0.4, -0.2) is 56.7 Å². The number of aliphatic hydroxyl groups is 2. The van der Waals surface area contributed by atoms with Gasteiger partial charge in [0.05, 0.1) is 20.3 Å². The smallest absolute Gasteiger partial charge is 0.394 e. The molecule has 0 aromatic rings. The monoisotopic (exact) mass is 248 g/mol. The molecule has 0 unspecified atom stereocenters. The molecule has 0 spiro atoms. The predicted molar refractivity (Wildman–Crippen MR) is 54.9 cm³/mol. The summed E-state index contributed by atoms with van der Waals surface area (Å²) in [6, 6.07) is 0. The van der Waals surface area contributed by atoms with Crippen LogP contribution in [0.1, 0.15) is 13.8 Å². The number of hydrogen-bond acceptors (Lipinski definition) is 6. The Bertz CT molecular complexity index is 174. The van der Waals surface area contributed by atoms with E-state index in [1.54, 1.807) is 0 Å². The number of ether oxygens (including phenoxy) is 1. The highest BCUT2D eigenvalue weighted by atomic mass is 32.3. The van der Waals surface area contributed by atoms with Crippen molar-refractivity contribution < 1.29 is 32.1 Å². The molecule has 0 aliphatic rings. The van der Waals surface area contributed by atoms with Crippen LogP contribution in [0.2, 0.25) is 0 Å². The summed E-state index contributed by atoms with van der Waals surface area (Å²) in [5.74, 6) is 0. The van der Waals surface area contributed by atoms with Crippen LogP contribution in [0.5, 0.6) is 0 Å². The molecule has 0 saturated heterocycles. The van der Waals surface area contributed by atoms with Crippen molar-refractivity contribution in [2.24, 2.45) is 0 Å². The Morgan fingerprint density at radius 2 is 1.33 bits per heavy atom. The van der Waals surface area contributed by atoms with E-state index in [4.69, 9.17) is 19.5 Å². The van der Waals surface area contributed by atoms with Gasteiger partial charge in [-0.3, -0.25) is 8.74 Å². The predicted octanol–water partition coefficient (Wildman–Crippen LogP) is -0.551. The lowest BCUT2D eigenvalue weighted by Gasteiger charge is -1.86. The number of rotatable bonds is 4. The van der Waals surface area contributed by atoms with E-state index in [0.717, 1.165) is 20.3 Å². The fourth-order valence-corrected chi connectivity index (χ4v) is 0.204. The molecular weight excluding hydrogens is 228 g/mol. The summed E-state index contributed by atoms with van der Waals surface area (Å²) in [5.41, 5.74) is 0. The summed E-state index contributed by atoms with van der Waals surface area (Å²) in [5, 5.41) is 15.2. The summed E-state index contributed by atoms with van der Waals surface area (Å²) in [6.07, 6.45) is 0. The third-order valence-electron chi connectivity index (χ3n) is 0.719. The maximum Gasteiger partial charge on any atom is 0.397 e. The van der Waals surface area contributed by atoms with E-state index in [2.05, 4.69) is 4.18 Å². The molecule has 0 aliphatic carbocycles. The minimum absolute atomic E-state index is 0.125. The molecular formula is C7H20O7S. The fourth-order valence-electron chi connectivity index (χ4n) is 0.204. The Kier molecular flexibility index (Phi) is 21.8. The van der Waals surface area contributed by atoms with Gasteiger partial charge in [-0.15, -0.1) is 0 Å². The molecule has 7 nitrogen and oxygen atoms in total. The minimum atomic E-state index is -4.16. The number of hydrogen-bond donors (Lipinski definition) is 3. The van der Waals surface area contributed by atoms with Gasteiger partial charge in [0, 0.05) is 13.2 Å². The minimum Gasteiger partial charge on any atom is -0.394 e. The molecule has 0 heterocycles. The Labute approximate surface area is 90.6 Å². The summed E-state index contributed by atoms with van der Waals surface area (Å²) in [6.45, 7) is 5.42. The molecule has 0 rings (SSSR count). The molecule has 0 atom stereocenters. The number of aliphatic hydroxyl groups excluding tert-OH is 2. The lowest BCUT2D eigenvalue weighted by molar-refractivity contribution is 0.162. The van der Waals surface area contributed by atoms with E-state index in [-0.39, 0.29) is 13.2 Å². The molecule has 96 valence electrons. The van der Waals surface area contributed by atoms with Gasteiger partial charge in [0.25, 0.3) is 0 Å². The first-order valence-corrected chi connectivity index (χ1v) is 5.58. The van der Waals surface area contributed by atoms with E-state index >= 15 is 0 Å². The van der Waals surface area contributed by atoms with Gasteiger partial charge in [-0.05, 0) is 13.8 Å². The largest absolute Gasteiger partial charge is 0.397 e. The zero-order valence-electron chi connectivity index (χ0n) is 9.21. The first kappa shape index (κ1) is 20.2. The van der Waals surface area contributed by atoms with E-state index in [0.29, 0.717) is 0 Å². The normalized spacial score (nSPS) is 9.47. The molecule has 0 saturated carbocycles.